The second-order valence-electron chi connectivity index (χ2n) is 6.57. The topological polar surface area (TPSA) is 41.6 Å². The van der Waals surface area contributed by atoms with Crippen molar-refractivity contribution < 1.29 is 9.53 Å². The first-order valence-electron chi connectivity index (χ1n) is 8.95. The lowest BCUT2D eigenvalue weighted by molar-refractivity contribution is -0.131. The van der Waals surface area contributed by atoms with Crippen LogP contribution in [0, 0.1) is 5.92 Å². The SMILES string of the molecule is O=C(Cc1ccccc1)N1CCNCC(COCc2ccccc2)C1. The average Bonchev–Trinajstić information content (AvgIpc) is 2.89. The molecule has 132 valence electrons. The van der Waals surface area contributed by atoms with Gasteiger partial charge >= 0.3 is 0 Å². The van der Waals surface area contributed by atoms with Crippen LogP contribution in [0.25, 0.3) is 0 Å². The van der Waals surface area contributed by atoms with Gasteiger partial charge in [0.25, 0.3) is 0 Å². The molecule has 1 saturated heterocycles. The first kappa shape index (κ1) is 17.6. The molecular weight excluding hydrogens is 312 g/mol. The Morgan fingerprint density at radius 2 is 1.72 bits per heavy atom. The summed E-state index contributed by atoms with van der Waals surface area (Å²) in [7, 11) is 0. The number of ether oxygens (including phenoxy) is 1. The molecule has 1 atom stereocenters. The van der Waals surface area contributed by atoms with Crippen molar-refractivity contribution in [1.82, 2.24) is 10.2 Å². The Labute approximate surface area is 149 Å². The first-order chi connectivity index (χ1) is 12.3. The molecule has 4 heteroatoms. The fourth-order valence-corrected chi connectivity index (χ4v) is 3.13. The van der Waals surface area contributed by atoms with Gasteiger partial charge in [0.1, 0.15) is 0 Å². The maximum absolute atomic E-state index is 12.6. The van der Waals surface area contributed by atoms with Gasteiger partial charge in [-0.2, -0.15) is 0 Å². The molecule has 2 aromatic carbocycles. The van der Waals surface area contributed by atoms with E-state index in [4.69, 9.17) is 4.74 Å². The van der Waals surface area contributed by atoms with Crippen molar-refractivity contribution in [3.8, 4) is 0 Å². The highest BCUT2D eigenvalue weighted by molar-refractivity contribution is 5.78. The van der Waals surface area contributed by atoms with E-state index in [9.17, 15) is 4.79 Å². The molecule has 4 nitrogen and oxygen atoms in total. The Hall–Kier alpha value is -2.17. The summed E-state index contributed by atoms with van der Waals surface area (Å²) in [5.41, 5.74) is 2.25. The van der Waals surface area contributed by atoms with Crippen molar-refractivity contribution >= 4 is 5.91 Å². The number of carbonyl (C=O) groups is 1. The molecule has 0 aliphatic carbocycles. The summed E-state index contributed by atoms with van der Waals surface area (Å²) in [6.45, 7) is 4.54. The van der Waals surface area contributed by atoms with Gasteiger partial charge in [0, 0.05) is 32.1 Å². The summed E-state index contributed by atoms with van der Waals surface area (Å²) in [5.74, 6) is 0.522. The highest BCUT2D eigenvalue weighted by Gasteiger charge is 2.22. The minimum absolute atomic E-state index is 0.197. The fourth-order valence-electron chi connectivity index (χ4n) is 3.13. The zero-order chi connectivity index (χ0) is 17.3. The molecule has 1 heterocycles. The van der Waals surface area contributed by atoms with Crippen LogP contribution in [0.2, 0.25) is 0 Å². The van der Waals surface area contributed by atoms with Gasteiger partial charge in [0.05, 0.1) is 19.6 Å². The summed E-state index contributed by atoms with van der Waals surface area (Å²) >= 11 is 0. The van der Waals surface area contributed by atoms with E-state index < -0.39 is 0 Å². The van der Waals surface area contributed by atoms with Gasteiger partial charge < -0.3 is 15.0 Å². The van der Waals surface area contributed by atoms with E-state index in [0.717, 1.165) is 31.7 Å². The molecule has 0 aromatic heterocycles. The zero-order valence-corrected chi connectivity index (χ0v) is 14.6. The smallest absolute Gasteiger partial charge is 0.227 e. The van der Waals surface area contributed by atoms with E-state index >= 15 is 0 Å². The van der Waals surface area contributed by atoms with Gasteiger partial charge in [-0.1, -0.05) is 60.7 Å². The zero-order valence-electron chi connectivity index (χ0n) is 14.6. The molecule has 25 heavy (non-hydrogen) atoms. The van der Waals surface area contributed by atoms with Crippen LogP contribution < -0.4 is 5.32 Å². The number of hydrogen-bond donors (Lipinski definition) is 1. The number of benzene rings is 2. The summed E-state index contributed by atoms with van der Waals surface area (Å²) in [6.07, 6.45) is 0.471. The van der Waals surface area contributed by atoms with Gasteiger partial charge in [-0.3, -0.25) is 4.79 Å². The molecular formula is C21H26N2O2. The number of nitrogens with one attached hydrogen (secondary N) is 1. The Kier molecular flexibility index (Phi) is 6.60. The van der Waals surface area contributed by atoms with E-state index in [1.807, 2.05) is 53.4 Å². The Morgan fingerprint density at radius 3 is 2.44 bits per heavy atom. The normalized spacial score (nSPS) is 17.9. The number of nitrogens with zero attached hydrogens (tertiary/aromatic N) is 1. The van der Waals surface area contributed by atoms with E-state index in [2.05, 4.69) is 17.4 Å². The van der Waals surface area contributed by atoms with Crippen molar-refractivity contribution in [2.75, 3.05) is 32.8 Å². The van der Waals surface area contributed by atoms with Gasteiger partial charge in [0.2, 0.25) is 5.91 Å². The van der Waals surface area contributed by atoms with Crippen molar-refractivity contribution in [3.63, 3.8) is 0 Å². The maximum Gasteiger partial charge on any atom is 0.227 e. The van der Waals surface area contributed by atoms with Crippen LogP contribution in [0.1, 0.15) is 11.1 Å². The molecule has 3 rings (SSSR count). The Bertz CT molecular complexity index is 645. The van der Waals surface area contributed by atoms with Gasteiger partial charge in [-0.25, -0.2) is 0 Å². The van der Waals surface area contributed by atoms with Crippen LogP contribution in [0.5, 0.6) is 0 Å². The van der Waals surface area contributed by atoms with Crippen molar-refractivity contribution in [1.29, 1.82) is 0 Å². The van der Waals surface area contributed by atoms with Crippen LogP contribution in [0.15, 0.2) is 60.7 Å². The van der Waals surface area contributed by atoms with Crippen molar-refractivity contribution in [3.05, 3.63) is 71.8 Å². The van der Waals surface area contributed by atoms with E-state index in [-0.39, 0.29) is 5.91 Å². The average molecular weight is 338 g/mol. The molecule has 0 bridgehead atoms. The third kappa shape index (κ3) is 5.69. The largest absolute Gasteiger partial charge is 0.376 e. The molecule has 0 radical (unpaired) electrons. The van der Waals surface area contributed by atoms with Gasteiger partial charge in [0.15, 0.2) is 0 Å². The lowest BCUT2D eigenvalue weighted by Crippen LogP contribution is -2.38. The van der Waals surface area contributed by atoms with Crippen LogP contribution in [-0.4, -0.2) is 43.6 Å². The third-order valence-electron chi connectivity index (χ3n) is 4.49. The summed E-state index contributed by atoms with van der Waals surface area (Å²) in [6, 6.07) is 20.1. The number of carbonyl (C=O) groups excluding carboxylic acids is 1. The monoisotopic (exact) mass is 338 g/mol. The van der Waals surface area contributed by atoms with E-state index in [0.29, 0.717) is 25.6 Å². The van der Waals surface area contributed by atoms with E-state index in [1.165, 1.54) is 5.56 Å². The van der Waals surface area contributed by atoms with Gasteiger partial charge in [-0.15, -0.1) is 0 Å². The van der Waals surface area contributed by atoms with Crippen LogP contribution >= 0.6 is 0 Å². The first-order valence-corrected chi connectivity index (χ1v) is 8.95. The minimum Gasteiger partial charge on any atom is -0.376 e. The molecule has 1 N–H and O–H groups in total. The standard InChI is InChI=1S/C21H26N2O2/c24-21(13-18-7-3-1-4-8-18)23-12-11-22-14-20(15-23)17-25-16-19-9-5-2-6-10-19/h1-10,20,22H,11-17H2. The Morgan fingerprint density at radius 1 is 1.04 bits per heavy atom. The summed E-state index contributed by atoms with van der Waals surface area (Å²) in [4.78, 5) is 14.6. The number of hydrogen-bond acceptors (Lipinski definition) is 3. The summed E-state index contributed by atoms with van der Waals surface area (Å²) < 4.78 is 5.88. The Balaban J connectivity index is 1.49. The highest BCUT2D eigenvalue weighted by Crippen LogP contribution is 2.10. The predicted octanol–water partition coefficient (Wildman–Crippen LogP) is 2.49. The lowest BCUT2D eigenvalue weighted by Gasteiger charge is -2.24. The second kappa shape index (κ2) is 9.35. The predicted molar refractivity (Wildman–Crippen MR) is 99.2 cm³/mol. The molecule has 1 aliphatic rings. The number of rotatable bonds is 6. The third-order valence-corrected chi connectivity index (χ3v) is 4.49. The van der Waals surface area contributed by atoms with Crippen molar-refractivity contribution in [2.45, 2.75) is 13.0 Å². The number of amides is 1. The summed E-state index contributed by atoms with van der Waals surface area (Å²) in [5, 5.41) is 3.42. The molecule has 0 saturated carbocycles. The quantitative estimate of drug-likeness (QED) is 0.880. The van der Waals surface area contributed by atoms with Crippen LogP contribution in [0.4, 0.5) is 0 Å². The molecule has 1 aliphatic heterocycles. The van der Waals surface area contributed by atoms with Crippen LogP contribution in [0.3, 0.4) is 0 Å². The van der Waals surface area contributed by atoms with Gasteiger partial charge in [-0.05, 0) is 11.1 Å². The highest BCUT2D eigenvalue weighted by atomic mass is 16.5. The minimum atomic E-state index is 0.197. The molecule has 1 fully saturated rings. The molecule has 1 amide bonds. The van der Waals surface area contributed by atoms with Crippen LogP contribution in [-0.2, 0) is 22.6 Å². The molecule has 1 unspecified atom stereocenters. The maximum atomic E-state index is 12.6. The molecule has 0 spiro atoms. The lowest BCUT2D eigenvalue weighted by atomic mass is 10.1. The van der Waals surface area contributed by atoms with E-state index in [1.54, 1.807) is 0 Å². The molecule has 2 aromatic rings. The second-order valence-corrected chi connectivity index (χ2v) is 6.57. The fraction of sp³-hybridized carbons (Fsp3) is 0.381. The van der Waals surface area contributed by atoms with Crippen molar-refractivity contribution in [2.24, 2.45) is 5.92 Å².